The molecule has 0 radical (unpaired) electrons. The zero-order valence-corrected chi connectivity index (χ0v) is 6.76. The number of carboxylic acid groups (broad SMARTS) is 1. The van der Waals surface area contributed by atoms with Gasteiger partial charge in [-0.3, -0.25) is 0 Å². The average Bonchev–Trinajstić information content (AvgIpc) is 1.99. The average molecular weight is 175 g/mol. The van der Waals surface area contributed by atoms with Crippen LogP contribution in [0.1, 0.15) is 0 Å². The van der Waals surface area contributed by atoms with E-state index in [9.17, 15) is 4.79 Å². The molecule has 0 aromatic heterocycles. The molecule has 0 aliphatic heterocycles. The van der Waals surface area contributed by atoms with Crippen molar-refractivity contribution in [1.82, 2.24) is 0 Å². The van der Waals surface area contributed by atoms with Gasteiger partial charge in [0, 0.05) is 0 Å². The predicted molar refractivity (Wildman–Crippen MR) is 45.0 cm³/mol. The number of hydrogen-bond donors (Lipinski definition) is 3. The number of carboxylic acids is 1. The second kappa shape index (κ2) is 4.62. The summed E-state index contributed by atoms with van der Waals surface area (Å²) in [5, 5.41) is 8.53. The van der Waals surface area contributed by atoms with Crippen LogP contribution in [0, 0.1) is 0 Å². The molecule has 5 N–H and O–H groups in total. The van der Waals surface area contributed by atoms with Gasteiger partial charge in [0.2, 0.25) is 0 Å². The molecule has 6 heteroatoms. The van der Waals surface area contributed by atoms with Gasteiger partial charge < -0.3 is 16.6 Å². The van der Waals surface area contributed by atoms with Crippen LogP contribution in [0.2, 0.25) is 0 Å². The Labute approximate surface area is 68.2 Å². The van der Waals surface area contributed by atoms with Crippen LogP contribution < -0.4 is 11.5 Å². The van der Waals surface area contributed by atoms with Crippen molar-refractivity contribution in [2.45, 2.75) is 0 Å². The van der Waals surface area contributed by atoms with E-state index in [1.807, 2.05) is 0 Å². The standard InChI is InChI=1S/C5H9N3O2S/c1-11-5(7)8-2-3(6)4(9)10/h2H,6H2,1H3,(H2,7,8)(H,9,10)/b3-2-. The van der Waals surface area contributed by atoms with Crippen molar-refractivity contribution >= 4 is 22.9 Å². The smallest absolute Gasteiger partial charge is 0.353 e. The SMILES string of the molecule is CSC(N)=N/C=C(\N)C(=O)O. The summed E-state index contributed by atoms with van der Waals surface area (Å²) in [7, 11) is 0. The normalized spacial score (nSPS) is 13.2. The third kappa shape index (κ3) is 4.26. The van der Waals surface area contributed by atoms with Crippen LogP contribution in [-0.2, 0) is 4.79 Å². The van der Waals surface area contributed by atoms with Gasteiger partial charge in [-0.15, -0.1) is 0 Å². The zero-order chi connectivity index (χ0) is 8.85. The van der Waals surface area contributed by atoms with Crippen LogP contribution in [0.5, 0.6) is 0 Å². The molecule has 0 heterocycles. The minimum atomic E-state index is -1.21. The van der Waals surface area contributed by atoms with Crippen LogP contribution in [0.3, 0.4) is 0 Å². The summed E-state index contributed by atoms with van der Waals surface area (Å²) in [6.45, 7) is 0. The maximum absolute atomic E-state index is 10.1. The summed E-state index contributed by atoms with van der Waals surface area (Å²) in [5.74, 6) is -1.21. The summed E-state index contributed by atoms with van der Waals surface area (Å²) < 4.78 is 0. The van der Waals surface area contributed by atoms with Crippen molar-refractivity contribution < 1.29 is 9.90 Å². The monoisotopic (exact) mass is 175 g/mol. The van der Waals surface area contributed by atoms with E-state index in [1.165, 1.54) is 11.8 Å². The fourth-order valence-corrected chi connectivity index (χ4v) is 0.399. The quantitative estimate of drug-likeness (QED) is 0.299. The van der Waals surface area contributed by atoms with E-state index in [4.69, 9.17) is 16.6 Å². The van der Waals surface area contributed by atoms with Crippen LogP contribution in [0.15, 0.2) is 16.9 Å². The highest BCUT2D eigenvalue weighted by Crippen LogP contribution is 1.92. The maximum Gasteiger partial charge on any atom is 0.353 e. The van der Waals surface area contributed by atoms with E-state index in [2.05, 4.69) is 4.99 Å². The molecule has 0 atom stereocenters. The van der Waals surface area contributed by atoms with Crippen molar-refractivity contribution in [1.29, 1.82) is 0 Å². The molecule has 0 spiro atoms. The molecule has 0 aromatic carbocycles. The lowest BCUT2D eigenvalue weighted by atomic mass is 10.5. The first kappa shape index (κ1) is 9.83. The van der Waals surface area contributed by atoms with Gasteiger partial charge >= 0.3 is 5.97 Å². The van der Waals surface area contributed by atoms with Crippen molar-refractivity contribution in [3.8, 4) is 0 Å². The summed E-state index contributed by atoms with van der Waals surface area (Å²) in [6, 6.07) is 0. The van der Waals surface area contributed by atoms with Gasteiger partial charge in [0.1, 0.15) is 5.70 Å². The number of thioether (sulfide) groups is 1. The van der Waals surface area contributed by atoms with Gasteiger partial charge in [-0.05, 0) is 6.26 Å². The predicted octanol–water partition coefficient (Wildman–Crippen LogP) is -0.451. The van der Waals surface area contributed by atoms with Gasteiger partial charge in [0.05, 0.1) is 6.20 Å². The van der Waals surface area contributed by atoms with Crippen LogP contribution in [0.4, 0.5) is 0 Å². The number of rotatable bonds is 2. The number of aliphatic imine (C=N–C) groups is 1. The largest absolute Gasteiger partial charge is 0.477 e. The molecule has 0 amide bonds. The highest BCUT2D eigenvalue weighted by Gasteiger charge is 1.98. The van der Waals surface area contributed by atoms with Crippen molar-refractivity contribution in [3.05, 3.63) is 11.9 Å². The Balaban J connectivity index is 4.22. The topological polar surface area (TPSA) is 102 Å². The number of nitrogens with zero attached hydrogens (tertiary/aromatic N) is 1. The molecule has 0 saturated carbocycles. The molecule has 0 unspecified atom stereocenters. The minimum Gasteiger partial charge on any atom is -0.477 e. The fourth-order valence-electron chi connectivity index (χ4n) is 0.241. The molecular weight excluding hydrogens is 166 g/mol. The van der Waals surface area contributed by atoms with Crippen LogP contribution >= 0.6 is 11.8 Å². The van der Waals surface area contributed by atoms with Crippen LogP contribution in [-0.4, -0.2) is 22.5 Å². The molecule has 0 aromatic rings. The number of carbonyl (C=O) groups is 1. The molecule has 0 aliphatic carbocycles. The van der Waals surface area contributed by atoms with E-state index >= 15 is 0 Å². The van der Waals surface area contributed by atoms with Gasteiger partial charge in [-0.1, -0.05) is 11.8 Å². The van der Waals surface area contributed by atoms with Crippen LogP contribution in [0.25, 0.3) is 0 Å². The summed E-state index contributed by atoms with van der Waals surface area (Å²) in [6.07, 6.45) is 2.73. The maximum atomic E-state index is 10.1. The second-order valence-corrected chi connectivity index (χ2v) is 2.39. The number of aliphatic carboxylic acids is 1. The lowest BCUT2D eigenvalue weighted by Crippen LogP contribution is -2.10. The Morgan fingerprint density at radius 3 is 2.55 bits per heavy atom. The fraction of sp³-hybridized carbons (Fsp3) is 0.200. The second-order valence-electron chi connectivity index (χ2n) is 1.56. The Bertz CT molecular complexity index is 212. The Morgan fingerprint density at radius 1 is 1.64 bits per heavy atom. The van der Waals surface area contributed by atoms with E-state index in [0.29, 0.717) is 0 Å². The first-order chi connectivity index (χ1) is 5.07. The third-order valence-corrected chi connectivity index (χ3v) is 1.31. The lowest BCUT2D eigenvalue weighted by Gasteiger charge is -1.91. The molecule has 0 fully saturated rings. The van der Waals surface area contributed by atoms with Crippen molar-refractivity contribution in [3.63, 3.8) is 0 Å². The van der Waals surface area contributed by atoms with Gasteiger partial charge in [-0.2, -0.15) is 0 Å². The lowest BCUT2D eigenvalue weighted by molar-refractivity contribution is -0.132. The van der Waals surface area contributed by atoms with E-state index in [-0.39, 0.29) is 10.9 Å². The Hall–Kier alpha value is -1.17. The van der Waals surface area contributed by atoms with Crippen molar-refractivity contribution in [2.24, 2.45) is 16.5 Å². The minimum absolute atomic E-state index is 0.272. The molecule has 0 aliphatic rings. The first-order valence-electron chi connectivity index (χ1n) is 2.64. The third-order valence-electron chi connectivity index (χ3n) is 0.787. The first-order valence-corrected chi connectivity index (χ1v) is 3.86. The number of amidine groups is 1. The summed E-state index contributed by atoms with van der Waals surface area (Å²) >= 11 is 1.21. The molecule has 0 saturated heterocycles. The zero-order valence-electron chi connectivity index (χ0n) is 5.94. The molecule has 0 bridgehead atoms. The molecule has 5 nitrogen and oxygen atoms in total. The highest BCUT2D eigenvalue weighted by molar-refractivity contribution is 8.13. The van der Waals surface area contributed by atoms with E-state index < -0.39 is 5.97 Å². The summed E-state index contributed by atoms with van der Waals surface area (Å²) in [4.78, 5) is 13.6. The molecule has 62 valence electrons. The molecule has 11 heavy (non-hydrogen) atoms. The summed E-state index contributed by atoms with van der Waals surface area (Å²) in [5.41, 5.74) is 9.92. The highest BCUT2D eigenvalue weighted by atomic mass is 32.2. The number of nitrogens with two attached hydrogens (primary N) is 2. The van der Waals surface area contributed by atoms with Gasteiger partial charge in [0.15, 0.2) is 5.17 Å². The van der Waals surface area contributed by atoms with Gasteiger partial charge in [0.25, 0.3) is 0 Å². The Morgan fingerprint density at radius 2 is 2.18 bits per heavy atom. The number of hydrogen-bond acceptors (Lipinski definition) is 4. The van der Waals surface area contributed by atoms with E-state index in [0.717, 1.165) is 6.20 Å². The Kier molecular flexibility index (Phi) is 4.12. The molecule has 0 rings (SSSR count). The van der Waals surface area contributed by atoms with Crippen molar-refractivity contribution in [2.75, 3.05) is 6.26 Å². The molecular formula is C5H9N3O2S. The van der Waals surface area contributed by atoms with E-state index in [1.54, 1.807) is 6.26 Å². The van der Waals surface area contributed by atoms with Gasteiger partial charge in [-0.25, -0.2) is 9.79 Å².